The van der Waals surface area contributed by atoms with Gasteiger partial charge in [-0.25, -0.2) is 4.79 Å². The largest absolute Gasteiger partial charge is 0.444 e. The van der Waals surface area contributed by atoms with Crippen LogP contribution in [0, 0.1) is 17.2 Å². The van der Waals surface area contributed by atoms with Crippen molar-refractivity contribution in [1.29, 1.82) is 5.26 Å². The van der Waals surface area contributed by atoms with E-state index in [9.17, 15) is 4.79 Å². The number of hydrogen-bond donors (Lipinski definition) is 1. The van der Waals surface area contributed by atoms with Crippen LogP contribution in [-0.4, -0.2) is 17.7 Å². The number of ether oxygens (including phenoxy) is 1. The van der Waals surface area contributed by atoms with Crippen molar-refractivity contribution < 1.29 is 9.53 Å². The zero-order valence-electron chi connectivity index (χ0n) is 9.54. The third-order valence-corrected chi connectivity index (χ3v) is 2.34. The molecule has 1 aliphatic carbocycles. The second kappa shape index (κ2) is 4.52. The van der Waals surface area contributed by atoms with Crippen LogP contribution < -0.4 is 5.32 Å². The molecule has 1 saturated carbocycles. The van der Waals surface area contributed by atoms with Gasteiger partial charge in [-0.15, -0.1) is 0 Å². The normalized spacial score (nSPS) is 25.7. The number of nitrogens with zero attached hydrogens (tertiary/aromatic N) is 1. The molecule has 1 amide bonds. The van der Waals surface area contributed by atoms with Crippen molar-refractivity contribution in [2.45, 2.75) is 51.7 Å². The molecule has 1 aliphatic rings. The van der Waals surface area contributed by atoms with Crippen LogP contribution in [0.3, 0.4) is 0 Å². The van der Waals surface area contributed by atoms with E-state index in [2.05, 4.69) is 11.4 Å². The Kier molecular flexibility index (Phi) is 3.57. The van der Waals surface area contributed by atoms with Gasteiger partial charge in [0.25, 0.3) is 0 Å². The van der Waals surface area contributed by atoms with Gasteiger partial charge in [0.1, 0.15) is 5.60 Å². The lowest BCUT2D eigenvalue weighted by Crippen LogP contribution is -2.37. The van der Waals surface area contributed by atoms with E-state index >= 15 is 0 Å². The SMILES string of the molecule is CC(C)(C)OC(=O)N[C@@H]1CC[C@H](C#N)C1. The highest BCUT2D eigenvalue weighted by atomic mass is 16.6. The molecule has 0 aliphatic heterocycles. The van der Waals surface area contributed by atoms with E-state index in [4.69, 9.17) is 10.00 Å². The zero-order valence-corrected chi connectivity index (χ0v) is 9.54. The first kappa shape index (κ1) is 11.8. The van der Waals surface area contributed by atoms with Crippen LogP contribution in [-0.2, 0) is 4.74 Å². The first-order chi connectivity index (χ1) is 6.90. The summed E-state index contributed by atoms with van der Waals surface area (Å²) in [5.41, 5.74) is -0.461. The summed E-state index contributed by atoms with van der Waals surface area (Å²) in [4.78, 5) is 11.4. The van der Waals surface area contributed by atoms with Gasteiger partial charge in [-0.1, -0.05) is 0 Å². The van der Waals surface area contributed by atoms with Crippen molar-refractivity contribution in [1.82, 2.24) is 5.32 Å². The molecule has 0 saturated heterocycles. The average molecular weight is 210 g/mol. The summed E-state index contributed by atoms with van der Waals surface area (Å²) in [5, 5.41) is 11.5. The Balaban J connectivity index is 2.32. The third-order valence-electron chi connectivity index (χ3n) is 2.34. The molecule has 0 unspecified atom stereocenters. The first-order valence-corrected chi connectivity index (χ1v) is 5.30. The molecule has 0 heterocycles. The monoisotopic (exact) mass is 210 g/mol. The Labute approximate surface area is 90.6 Å². The standard InChI is InChI=1S/C11H18N2O2/c1-11(2,3)15-10(14)13-9-5-4-8(6-9)7-12/h8-9H,4-6H2,1-3H3,(H,13,14)/t8-,9+/m0/s1. The number of nitriles is 1. The van der Waals surface area contributed by atoms with E-state index < -0.39 is 5.60 Å². The van der Waals surface area contributed by atoms with Gasteiger partial charge in [-0.3, -0.25) is 0 Å². The predicted molar refractivity (Wildman–Crippen MR) is 56.1 cm³/mol. The predicted octanol–water partition coefficient (Wildman–Crippen LogP) is 2.20. The molecule has 15 heavy (non-hydrogen) atoms. The molecule has 84 valence electrons. The third kappa shape index (κ3) is 4.20. The Bertz CT molecular complexity index is 275. The average Bonchev–Trinajstić information content (AvgIpc) is 2.48. The first-order valence-electron chi connectivity index (χ1n) is 5.30. The molecule has 0 bridgehead atoms. The molecule has 0 radical (unpaired) electrons. The van der Waals surface area contributed by atoms with E-state index in [0.29, 0.717) is 0 Å². The molecule has 1 rings (SSSR count). The second-order valence-electron chi connectivity index (χ2n) is 4.98. The highest BCUT2D eigenvalue weighted by Crippen LogP contribution is 2.24. The number of amides is 1. The van der Waals surface area contributed by atoms with Crippen molar-refractivity contribution in [3.05, 3.63) is 0 Å². The molecule has 4 nitrogen and oxygen atoms in total. The number of nitrogens with one attached hydrogen (secondary N) is 1. The van der Waals surface area contributed by atoms with Gasteiger partial charge in [0, 0.05) is 12.0 Å². The van der Waals surface area contributed by atoms with E-state index in [-0.39, 0.29) is 18.1 Å². The molecule has 4 heteroatoms. The Hall–Kier alpha value is -1.24. The number of hydrogen-bond acceptors (Lipinski definition) is 3. The topological polar surface area (TPSA) is 62.1 Å². The highest BCUT2D eigenvalue weighted by molar-refractivity contribution is 5.68. The molecule has 1 fully saturated rings. The molecule has 1 N–H and O–H groups in total. The van der Waals surface area contributed by atoms with Crippen LogP contribution in [0.25, 0.3) is 0 Å². The molecule has 0 aromatic heterocycles. The van der Waals surface area contributed by atoms with E-state index in [0.717, 1.165) is 19.3 Å². The van der Waals surface area contributed by atoms with Crippen LogP contribution in [0.2, 0.25) is 0 Å². The van der Waals surface area contributed by atoms with Crippen molar-refractivity contribution in [3.63, 3.8) is 0 Å². The Morgan fingerprint density at radius 1 is 1.47 bits per heavy atom. The number of alkyl carbamates (subject to hydrolysis) is 1. The summed E-state index contributed by atoms with van der Waals surface area (Å²) in [7, 11) is 0. The maximum absolute atomic E-state index is 11.4. The minimum absolute atomic E-state index is 0.0879. The second-order valence-corrected chi connectivity index (χ2v) is 4.98. The minimum atomic E-state index is -0.461. The van der Waals surface area contributed by atoms with Gasteiger partial charge in [-0.05, 0) is 40.0 Å². The quantitative estimate of drug-likeness (QED) is 0.721. The summed E-state index contributed by atoms with van der Waals surface area (Å²) in [5.74, 6) is 0.0879. The molecule has 0 aromatic rings. The fraction of sp³-hybridized carbons (Fsp3) is 0.818. The van der Waals surface area contributed by atoms with Crippen molar-refractivity contribution in [2.24, 2.45) is 5.92 Å². The Morgan fingerprint density at radius 3 is 2.60 bits per heavy atom. The summed E-state index contributed by atoms with van der Waals surface area (Å²) in [6.07, 6.45) is 2.11. The molecule has 0 aromatic carbocycles. The number of carbonyl (C=O) groups is 1. The lowest BCUT2D eigenvalue weighted by molar-refractivity contribution is 0.0505. The van der Waals surface area contributed by atoms with Crippen LogP contribution in [0.15, 0.2) is 0 Å². The van der Waals surface area contributed by atoms with E-state index in [1.807, 2.05) is 20.8 Å². The van der Waals surface area contributed by atoms with Gasteiger partial charge < -0.3 is 10.1 Å². The number of rotatable bonds is 1. The van der Waals surface area contributed by atoms with Gasteiger partial charge in [0.2, 0.25) is 0 Å². The fourth-order valence-electron chi connectivity index (χ4n) is 1.70. The molecular weight excluding hydrogens is 192 g/mol. The van der Waals surface area contributed by atoms with Crippen molar-refractivity contribution >= 4 is 6.09 Å². The summed E-state index contributed by atoms with van der Waals surface area (Å²) in [6.45, 7) is 5.50. The van der Waals surface area contributed by atoms with Crippen molar-refractivity contribution in [2.75, 3.05) is 0 Å². The van der Waals surface area contributed by atoms with Crippen molar-refractivity contribution in [3.8, 4) is 6.07 Å². The number of carbonyl (C=O) groups excluding carboxylic acids is 1. The molecule has 2 atom stereocenters. The summed E-state index contributed by atoms with van der Waals surface area (Å²) < 4.78 is 5.14. The van der Waals surface area contributed by atoms with E-state index in [1.165, 1.54) is 0 Å². The van der Waals surface area contributed by atoms with Gasteiger partial charge in [-0.2, -0.15) is 5.26 Å². The Morgan fingerprint density at radius 2 is 2.13 bits per heavy atom. The highest BCUT2D eigenvalue weighted by Gasteiger charge is 2.27. The molecule has 0 spiro atoms. The summed E-state index contributed by atoms with van der Waals surface area (Å²) in [6, 6.07) is 2.32. The van der Waals surface area contributed by atoms with Gasteiger partial charge in [0.15, 0.2) is 0 Å². The van der Waals surface area contributed by atoms with Crippen LogP contribution >= 0.6 is 0 Å². The van der Waals surface area contributed by atoms with Crippen LogP contribution in [0.5, 0.6) is 0 Å². The van der Waals surface area contributed by atoms with Gasteiger partial charge in [0.05, 0.1) is 6.07 Å². The van der Waals surface area contributed by atoms with Crippen LogP contribution in [0.1, 0.15) is 40.0 Å². The molecular formula is C11H18N2O2. The zero-order chi connectivity index (χ0) is 11.5. The van der Waals surface area contributed by atoms with E-state index in [1.54, 1.807) is 0 Å². The lowest BCUT2D eigenvalue weighted by Gasteiger charge is -2.21. The van der Waals surface area contributed by atoms with Gasteiger partial charge >= 0.3 is 6.09 Å². The maximum atomic E-state index is 11.4. The fourth-order valence-corrected chi connectivity index (χ4v) is 1.70. The lowest BCUT2D eigenvalue weighted by atomic mass is 10.1. The minimum Gasteiger partial charge on any atom is -0.444 e. The summed E-state index contributed by atoms with van der Waals surface area (Å²) >= 11 is 0. The van der Waals surface area contributed by atoms with Crippen LogP contribution in [0.4, 0.5) is 4.79 Å². The smallest absolute Gasteiger partial charge is 0.407 e. The maximum Gasteiger partial charge on any atom is 0.407 e.